The minimum absolute atomic E-state index is 0.933. The Bertz CT molecular complexity index is 380. The Morgan fingerprint density at radius 1 is 1.16 bits per heavy atom. The summed E-state index contributed by atoms with van der Waals surface area (Å²) in [5, 5.41) is 3.48. The van der Waals surface area contributed by atoms with Crippen molar-refractivity contribution < 1.29 is 0 Å². The van der Waals surface area contributed by atoms with Gasteiger partial charge in [0.1, 0.15) is 0 Å². The Balaban J connectivity index is 2.74. The summed E-state index contributed by atoms with van der Waals surface area (Å²) in [5.74, 6) is 0. The Kier molecular flexibility index (Phi) is 7.42. The number of anilines is 1. The quantitative estimate of drug-likeness (QED) is 0.740. The molecule has 1 rings (SSSR count). The second-order valence-corrected chi connectivity index (χ2v) is 6.09. The van der Waals surface area contributed by atoms with E-state index < -0.39 is 0 Å². The van der Waals surface area contributed by atoms with Crippen LogP contribution in [0.3, 0.4) is 0 Å². The molecule has 108 valence electrons. The van der Waals surface area contributed by atoms with E-state index >= 15 is 0 Å². The van der Waals surface area contributed by atoms with Crippen LogP contribution in [0.15, 0.2) is 22.7 Å². The highest BCUT2D eigenvalue weighted by atomic mass is 79.9. The maximum absolute atomic E-state index is 3.57. The van der Waals surface area contributed by atoms with Gasteiger partial charge in [-0.25, -0.2) is 0 Å². The highest BCUT2D eigenvalue weighted by molar-refractivity contribution is 9.10. The predicted octanol–water partition coefficient (Wildman–Crippen LogP) is 2.95. The number of nitrogens with zero attached hydrogens (tertiary/aromatic N) is 2. The molecule has 0 spiro atoms. The van der Waals surface area contributed by atoms with Crippen molar-refractivity contribution in [1.82, 2.24) is 10.2 Å². The first-order chi connectivity index (χ1) is 9.04. The molecule has 0 fully saturated rings. The lowest BCUT2D eigenvalue weighted by molar-refractivity contribution is 0.416. The van der Waals surface area contributed by atoms with Crippen molar-refractivity contribution in [2.45, 2.75) is 19.9 Å². The number of likely N-dealkylation sites (N-methyl/N-ethyl adjacent to an activating group) is 2. The molecule has 1 N–H and O–H groups in total. The molecule has 0 saturated heterocycles. The van der Waals surface area contributed by atoms with Gasteiger partial charge >= 0.3 is 0 Å². The number of hydrogen-bond donors (Lipinski definition) is 1. The van der Waals surface area contributed by atoms with Gasteiger partial charge in [0.2, 0.25) is 0 Å². The molecular weight excluding hydrogens is 302 g/mol. The summed E-state index contributed by atoms with van der Waals surface area (Å²) >= 11 is 3.57. The number of benzene rings is 1. The first-order valence-corrected chi connectivity index (χ1v) is 7.69. The summed E-state index contributed by atoms with van der Waals surface area (Å²) in [6, 6.07) is 6.53. The van der Waals surface area contributed by atoms with Crippen molar-refractivity contribution in [3.05, 3.63) is 28.2 Å². The van der Waals surface area contributed by atoms with Crippen LogP contribution in [0.1, 0.15) is 18.9 Å². The lowest BCUT2D eigenvalue weighted by atomic mass is 10.1. The zero-order valence-electron chi connectivity index (χ0n) is 12.5. The third-order valence-electron chi connectivity index (χ3n) is 3.08. The first-order valence-electron chi connectivity index (χ1n) is 6.89. The summed E-state index contributed by atoms with van der Waals surface area (Å²) in [6.45, 7) is 6.29. The van der Waals surface area contributed by atoms with Crippen molar-refractivity contribution >= 4 is 21.6 Å². The van der Waals surface area contributed by atoms with Gasteiger partial charge in [0.25, 0.3) is 0 Å². The summed E-state index contributed by atoms with van der Waals surface area (Å²) in [4.78, 5) is 4.54. The lowest BCUT2D eigenvalue weighted by Gasteiger charge is -2.24. The molecule has 19 heavy (non-hydrogen) atoms. The van der Waals surface area contributed by atoms with Crippen LogP contribution in [0.4, 0.5) is 5.69 Å². The number of rotatable bonds is 8. The predicted molar refractivity (Wildman–Crippen MR) is 88.0 cm³/mol. The Labute approximate surface area is 126 Å². The molecule has 0 bridgehead atoms. The van der Waals surface area contributed by atoms with Crippen molar-refractivity contribution in [1.29, 1.82) is 0 Å². The molecule has 0 radical (unpaired) electrons. The number of halogens is 1. The molecule has 3 nitrogen and oxygen atoms in total. The Hall–Kier alpha value is -0.580. The van der Waals surface area contributed by atoms with Crippen LogP contribution < -0.4 is 10.2 Å². The third kappa shape index (κ3) is 5.93. The maximum atomic E-state index is 3.57. The van der Waals surface area contributed by atoms with E-state index in [1.807, 2.05) is 0 Å². The van der Waals surface area contributed by atoms with Crippen LogP contribution >= 0.6 is 15.9 Å². The molecule has 4 heteroatoms. The molecule has 0 aromatic heterocycles. The Morgan fingerprint density at radius 2 is 1.89 bits per heavy atom. The van der Waals surface area contributed by atoms with Gasteiger partial charge in [-0.1, -0.05) is 28.9 Å². The first kappa shape index (κ1) is 16.5. The fourth-order valence-corrected chi connectivity index (χ4v) is 2.26. The monoisotopic (exact) mass is 327 g/mol. The molecule has 0 aliphatic carbocycles. The molecule has 1 aromatic rings. The van der Waals surface area contributed by atoms with Crippen LogP contribution in [0.5, 0.6) is 0 Å². The van der Waals surface area contributed by atoms with E-state index in [9.17, 15) is 0 Å². The van der Waals surface area contributed by atoms with Gasteiger partial charge in [-0.05, 0) is 44.8 Å². The minimum atomic E-state index is 0.933. The van der Waals surface area contributed by atoms with E-state index in [0.29, 0.717) is 0 Å². The SMILES string of the molecule is CCCNCc1ccc(Br)cc1N(C)CCN(C)C. The minimum Gasteiger partial charge on any atom is -0.373 e. The van der Waals surface area contributed by atoms with Crippen molar-refractivity contribution in [3.8, 4) is 0 Å². The van der Waals surface area contributed by atoms with Crippen LogP contribution in [-0.4, -0.2) is 45.7 Å². The van der Waals surface area contributed by atoms with Crippen LogP contribution in [-0.2, 0) is 6.54 Å². The zero-order valence-corrected chi connectivity index (χ0v) is 14.1. The molecule has 0 saturated carbocycles. The van der Waals surface area contributed by atoms with Gasteiger partial charge in [0, 0.05) is 36.8 Å². The van der Waals surface area contributed by atoms with Gasteiger partial charge in [0.15, 0.2) is 0 Å². The standard InChI is InChI=1S/C15H26BrN3/c1-5-8-17-12-13-6-7-14(16)11-15(13)19(4)10-9-18(2)3/h6-7,11,17H,5,8-10,12H2,1-4H3. The highest BCUT2D eigenvalue weighted by Crippen LogP contribution is 2.24. The van der Waals surface area contributed by atoms with Gasteiger partial charge in [0.05, 0.1) is 0 Å². The second-order valence-electron chi connectivity index (χ2n) is 5.17. The van der Waals surface area contributed by atoms with Crippen molar-refractivity contribution in [2.24, 2.45) is 0 Å². The molecule has 0 unspecified atom stereocenters. The maximum Gasteiger partial charge on any atom is 0.0421 e. The summed E-state index contributed by atoms with van der Waals surface area (Å²) in [7, 11) is 6.38. The van der Waals surface area contributed by atoms with E-state index in [1.54, 1.807) is 0 Å². The molecule has 0 amide bonds. The summed E-state index contributed by atoms with van der Waals surface area (Å²) in [6.07, 6.45) is 1.17. The van der Waals surface area contributed by atoms with Gasteiger partial charge in [-0.2, -0.15) is 0 Å². The highest BCUT2D eigenvalue weighted by Gasteiger charge is 2.08. The van der Waals surface area contributed by atoms with Gasteiger partial charge < -0.3 is 15.1 Å². The average Bonchev–Trinajstić information content (AvgIpc) is 2.37. The van der Waals surface area contributed by atoms with E-state index in [2.05, 4.69) is 77.3 Å². The lowest BCUT2D eigenvalue weighted by Crippen LogP contribution is -2.29. The third-order valence-corrected chi connectivity index (χ3v) is 3.58. The van der Waals surface area contributed by atoms with E-state index in [1.165, 1.54) is 17.7 Å². The normalized spacial score (nSPS) is 11.1. The summed E-state index contributed by atoms with van der Waals surface area (Å²) < 4.78 is 1.14. The molecule has 0 atom stereocenters. The fraction of sp³-hybridized carbons (Fsp3) is 0.600. The van der Waals surface area contributed by atoms with Gasteiger partial charge in [-0.3, -0.25) is 0 Å². The van der Waals surface area contributed by atoms with Crippen LogP contribution in [0.25, 0.3) is 0 Å². The van der Waals surface area contributed by atoms with Crippen molar-refractivity contribution in [3.63, 3.8) is 0 Å². The van der Waals surface area contributed by atoms with Crippen molar-refractivity contribution in [2.75, 3.05) is 45.7 Å². The Morgan fingerprint density at radius 3 is 2.53 bits per heavy atom. The molecule has 0 aliphatic heterocycles. The number of nitrogens with one attached hydrogen (secondary N) is 1. The fourth-order valence-electron chi connectivity index (χ4n) is 1.91. The topological polar surface area (TPSA) is 18.5 Å². The second kappa shape index (κ2) is 8.56. The zero-order chi connectivity index (χ0) is 14.3. The molecule has 0 aliphatic rings. The molecule has 0 heterocycles. The molecular formula is C15H26BrN3. The summed E-state index contributed by atoms with van der Waals surface area (Å²) in [5.41, 5.74) is 2.66. The average molecular weight is 328 g/mol. The largest absolute Gasteiger partial charge is 0.373 e. The van der Waals surface area contributed by atoms with Gasteiger partial charge in [-0.15, -0.1) is 0 Å². The van der Waals surface area contributed by atoms with E-state index in [4.69, 9.17) is 0 Å². The smallest absolute Gasteiger partial charge is 0.0421 e. The van der Waals surface area contributed by atoms with Crippen LogP contribution in [0.2, 0.25) is 0 Å². The molecule has 1 aromatic carbocycles. The van der Waals surface area contributed by atoms with Crippen LogP contribution in [0, 0.1) is 0 Å². The number of hydrogen-bond acceptors (Lipinski definition) is 3. The van der Waals surface area contributed by atoms with E-state index in [0.717, 1.165) is 30.7 Å². The van der Waals surface area contributed by atoms with E-state index in [-0.39, 0.29) is 0 Å².